The number of hydrogen-bond donors (Lipinski definition) is 2. The lowest BCUT2D eigenvalue weighted by Crippen LogP contribution is -2.42. The van der Waals surface area contributed by atoms with Crippen LogP contribution in [0.15, 0.2) is 0 Å². The van der Waals surface area contributed by atoms with E-state index in [0.29, 0.717) is 5.41 Å². The SMILES string of the molecule is CCCCC(NCC1(CC)CCCC1)C(=O)O. The summed E-state index contributed by atoms with van der Waals surface area (Å²) in [5, 5.41) is 12.5. The van der Waals surface area contributed by atoms with Crippen molar-refractivity contribution in [2.24, 2.45) is 5.41 Å². The van der Waals surface area contributed by atoms with Crippen LogP contribution in [0.2, 0.25) is 0 Å². The van der Waals surface area contributed by atoms with Crippen LogP contribution in [0.4, 0.5) is 0 Å². The Morgan fingerprint density at radius 1 is 1.35 bits per heavy atom. The van der Waals surface area contributed by atoms with Gasteiger partial charge in [-0.3, -0.25) is 4.79 Å². The minimum absolute atomic E-state index is 0.348. The second kappa shape index (κ2) is 7.00. The van der Waals surface area contributed by atoms with Crippen LogP contribution in [-0.2, 0) is 4.79 Å². The van der Waals surface area contributed by atoms with Crippen molar-refractivity contribution in [1.29, 1.82) is 0 Å². The van der Waals surface area contributed by atoms with Gasteiger partial charge in [-0.25, -0.2) is 0 Å². The maximum atomic E-state index is 11.1. The smallest absolute Gasteiger partial charge is 0.320 e. The fraction of sp³-hybridized carbons (Fsp3) is 0.929. The summed E-state index contributed by atoms with van der Waals surface area (Å²) in [6, 6.07) is -0.348. The first-order valence-corrected chi connectivity index (χ1v) is 7.10. The van der Waals surface area contributed by atoms with Gasteiger partial charge >= 0.3 is 5.97 Å². The van der Waals surface area contributed by atoms with E-state index in [4.69, 9.17) is 5.11 Å². The average Bonchev–Trinajstić information content (AvgIpc) is 2.78. The van der Waals surface area contributed by atoms with Crippen LogP contribution in [0.5, 0.6) is 0 Å². The number of nitrogens with one attached hydrogen (secondary N) is 1. The second-order valence-corrected chi connectivity index (χ2v) is 5.47. The summed E-state index contributed by atoms with van der Waals surface area (Å²) in [5.41, 5.74) is 0.375. The highest BCUT2D eigenvalue weighted by Crippen LogP contribution is 2.40. The highest BCUT2D eigenvalue weighted by molar-refractivity contribution is 5.73. The molecule has 2 N–H and O–H groups in total. The first-order chi connectivity index (χ1) is 8.13. The molecule has 1 aliphatic carbocycles. The highest BCUT2D eigenvalue weighted by atomic mass is 16.4. The topological polar surface area (TPSA) is 49.3 Å². The minimum Gasteiger partial charge on any atom is -0.480 e. The number of carbonyl (C=O) groups is 1. The van der Waals surface area contributed by atoms with Crippen molar-refractivity contribution in [3.05, 3.63) is 0 Å². The Hall–Kier alpha value is -0.570. The number of aliphatic carboxylic acids is 1. The van der Waals surface area contributed by atoms with Crippen molar-refractivity contribution in [1.82, 2.24) is 5.32 Å². The van der Waals surface area contributed by atoms with Gasteiger partial charge in [0.15, 0.2) is 0 Å². The molecule has 1 saturated carbocycles. The molecule has 0 aromatic carbocycles. The summed E-state index contributed by atoms with van der Waals surface area (Å²) in [7, 11) is 0. The van der Waals surface area contributed by atoms with Crippen molar-refractivity contribution >= 4 is 5.97 Å². The summed E-state index contributed by atoms with van der Waals surface area (Å²) in [5.74, 6) is -0.692. The normalized spacial score (nSPS) is 20.4. The molecule has 1 aliphatic rings. The lowest BCUT2D eigenvalue weighted by Gasteiger charge is -2.29. The molecule has 0 amide bonds. The molecule has 1 atom stereocenters. The Morgan fingerprint density at radius 2 is 2.00 bits per heavy atom. The zero-order valence-electron chi connectivity index (χ0n) is 11.3. The summed E-state index contributed by atoms with van der Waals surface area (Å²) in [6.45, 7) is 5.21. The summed E-state index contributed by atoms with van der Waals surface area (Å²) in [6.07, 6.45) is 9.11. The molecule has 1 unspecified atom stereocenters. The second-order valence-electron chi connectivity index (χ2n) is 5.47. The van der Waals surface area contributed by atoms with Gasteiger partial charge in [0.2, 0.25) is 0 Å². The number of carboxylic acid groups (broad SMARTS) is 1. The van der Waals surface area contributed by atoms with E-state index in [0.717, 1.165) is 25.8 Å². The highest BCUT2D eigenvalue weighted by Gasteiger charge is 2.32. The Bertz CT molecular complexity index is 234. The zero-order chi connectivity index (χ0) is 12.7. The largest absolute Gasteiger partial charge is 0.480 e. The molecule has 0 aromatic heterocycles. The van der Waals surface area contributed by atoms with E-state index in [1.807, 2.05) is 0 Å². The van der Waals surface area contributed by atoms with E-state index in [9.17, 15) is 4.79 Å². The van der Waals surface area contributed by atoms with Gasteiger partial charge in [0.1, 0.15) is 6.04 Å². The average molecular weight is 241 g/mol. The van der Waals surface area contributed by atoms with Gasteiger partial charge in [0.05, 0.1) is 0 Å². The van der Waals surface area contributed by atoms with Crippen LogP contribution in [0.25, 0.3) is 0 Å². The lowest BCUT2D eigenvalue weighted by atomic mass is 9.83. The molecular formula is C14H27NO2. The molecule has 100 valence electrons. The standard InChI is InChI=1S/C14H27NO2/c1-3-5-8-12(13(16)17)15-11-14(4-2)9-6-7-10-14/h12,15H,3-11H2,1-2H3,(H,16,17). The number of carboxylic acids is 1. The van der Waals surface area contributed by atoms with Crippen LogP contribution in [0.3, 0.4) is 0 Å². The van der Waals surface area contributed by atoms with E-state index in [-0.39, 0.29) is 6.04 Å². The molecule has 1 fully saturated rings. The van der Waals surface area contributed by atoms with Crippen molar-refractivity contribution in [2.75, 3.05) is 6.54 Å². The molecular weight excluding hydrogens is 214 g/mol. The predicted molar refractivity (Wildman–Crippen MR) is 70.1 cm³/mol. The van der Waals surface area contributed by atoms with Crippen molar-refractivity contribution < 1.29 is 9.90 Å². The van der Waals surface area contributed by atoms with Gasteiger partial charge in [-0.05, 0) is 31.1 Å². The molecule has 0 radical (unpaired) electrons. The Balaban J connectivity index is 2.41. The molecule has 3 heteroatoms. The maximum Gasteiger partial charge on any atom is 0.320 e. The summed E-state index contributed by atoms with van der Waals surface area (Å²) >= 11 is 0. The third-order valence-corrected chi connectivity index (χ3v) is 4.28. The van der Waals surface area contributed by atoms with Crippen LogP contribution in [-0.4, -0.2) is 23.7 Å². The van der Waals surface area contributed by atoms with Gasteiger partial charge in [0, 0.05) is 6.54 Å². The molecule has 0 bridgehead atoms. The zero-order valence-corrected chi connectivity index (χ0v) is 11.3. The Labute approximate surface area is 105 Å². The fourth-order valence-corrected chi connectivity index (χ4v) is 2.84. The van der Waals surface area contributed by atoms with Crippen molar-refractivity contribution in [2.45, 2.75) is 71.3 Å². The third-order valence-electron chi connectivity index (χ3n) is 4.28. The van der Waals surface area contributed by atoms with Crippen LogP contribution in [0.1, 0.15) is 65.2 Å². The molecule has 0 aliphatic heterocycles. The van der Waals surface area contributed by atoms with Crippen LogP contribution >= 0.6 is 0 Å². The van der Waals surface area contributed by atoms with Crippen LogP contribution in [0, 0.1) is 5.41 Å². The van der Waals surface area contributed by atoms with Gasteiger partial charge in [0.25, 0.3) is 0 Å². The number of rotatable bonds is 8. The van der Waals surface area contributed by atoms with E-state index < -0.39 is 5.97 Å². The summed E-state index contributed by atoms with van der Waals surface area (Å²) in [4.78, 5) is 11.1. The van der Waals surface area contributed by atoms with E-state index >= 15 is 0 Å². The third kappa shape index (κ3) is 4.30. The quantitative estimate of drug-likeness (QED) is 0.686. The molecule has 0 saturated heterocycles. The van der Waals surface area contributed by atoms with Gasteiger partial charge in [-0.1, -0.05) is 39.5 Å². The van der Waals surface area contributed by atoms with Gasteiger partial charge in [-0.15, -0.1) is 0 Å². The number of hydrogen-bond acceptors (Lipinski definition) is 2. The number of unbranched alkanes of at least 4 members (excludes halogenated alkanes) is 1. The van der Waals surface area contributed by atoms with E-state index in [2.05, 4.69) is 19.2 Å². The van der Waals surface area contributed by atoms with Crippen molar-refractivity contribution in [3.8, 4) is 0 Å². The fourth-order valence-electron chi connectivity index (χ4n) is 2.84. The van der Waals surface area contributed by atoms with Gasteiger partial charge < -0.3 is 10.4 Å². The predicted octanol–water partition coefficient (Wildman–Crippen LogP) is 3.19. The van der Waals surface area contributed by atoms with Crippen LogP contribution < -0.4 is 5.32 Å². The summed E-state index contributed by atoms with van der Waals surface area (Å²) < 4.78 is 0. The molecule has 17 heavy (non-hydrogen) atoms. The maximum absolute atomic E-state index is 11.1. The van der Waals surface area contributed by atoms with E-state index in [1.165, 1.54) is 32.1 Å². The molecule has 0 aromatic rings. The Kier molecular flexibility index (Phi) is 5.96. The molecule has 3 nitrogen and oxygen atoms in total. The Morgan fingerprint density at radius 3 is 2.47 bits per heavy atom. The van der Waals surface area contributed by atoms with Crippen molar-refractivity contribution in [3.63, 3.8) is 0 Å². The van der Waals surface area contributed by atoms with E-state index in [1.54, 1.807) is 0 Å². The first kappa shape index (κ1) is 14.5. The molecule has 1 rings (SSSR count). The lowest BCUT2D eigenvalue weighted by molar-refractivity contribution is -0.139. The molecule has 0 heterocycles. The minimum atomic E-state index is -0.692. The monoisotopic (exact) mass is 241 g/mol. The molecule has 0 spiro atoms. The first-order valence-electron chi connectivity index (χ1n) is 7.10. The van der Waals surface area contributed by atoms with Gasteiger partial charge in [-0.2, -0.15) is 0 Å².